The molecule has 3 N–H and O–H groups in total. The van der Waals surface area contributed by atoms with Gasteiger partial charge in [-0.25, -0.2) is 4.98 Å². The summed E-state index contributed by atoms with van der Waals surface area (Å²) in [5.74, 6) is -0.0288. The lowest BCUT2D eigenvalue weighted by atomic mass is 9.89. The van der Waals surface area contributed by atoms with Crippen LogP contribution in [0.25, 0.3) is 0 Å². The molecule has 0 bridgehead atoms. The smallest absolute Gasteiger partial charge is 0.321 e. The number of nitrogens with two attached hydrogens (primary N) is 1. The van der Waals surface area contributed by atoms with E-state index < -0.39 is 4.92 Å². The number of hydrogen-bond donors (Lipinski definition) is 2. The van der Waals surface area contributed by atoms with E-state index in [2.05, 4.69) is 4.98 Å². The first-order valence-electron chi connectivity index (χ1n) is 7.48. The normalized spacial score (nSPS) is 19.8. The van der Waals surface area contributed by atoms with Gasteiger partial charge in [-0.05, 0) is 29.0 Å². The Kier molecular flexibility index (Phi) is 5.58. The second kappa shape index (κ2) is 7.46. The minimum atomic E-state index is -0.545. The van der Waals surface area contributed by atoms with Crippen LogP contribution >= 0.6 is 12.4 Å². The van der Waals surface area contributed by atoms with Gasteiger partial charge in [-0.15, -0.1) is 12.4 Å². The van der Waals surface area contributed by atoms with Crippen molar-refractivity contribution >= 4 is 24.1 Å². The zero-order chi connectivity index (χ0) is 16.4. The molecule has 1 saturated heterocycles. The van der Waals surface area contributed by atoms with Gasteiger partial charge in [0.05, 0.1) is 0 Å². The number of rotatable bonds is 4. The Morgan fingerprint density at radius 3 is 2.54 bits per heavy atom. The zero-order valence-electron chi connectivity index (χ0n) is 12.9. The number of H-pyrrole nitrogens is 1. The number of halogens is 1. The van der Waals surface area contributed by atoms with Crippen LogP contribution in [-0.4, -0.2) is 40.3 Å². The molecule has 8 heteroatoms. The number of nitro groups is 1. The number of benzene rings is 1. The summed E-state index contributed by atoms with van der Waals surface area (Å²) < 4.78 is 0. The predicted molar refractivity (Wildman–Crippen MR) is 92.3 cm³/mol. The van der Waals surface area contributed by atoms with E-state index in [-0.39, 0.29) is 41.7 Å². The van der Waals surface area contributed by atoms with Gasteiger partial charge in [0.1, 0.15) is 0 Å². The summed E-state index contributed by atoms with van der Waals surface area (Å²) in [6.45, 7) is 1.62. The van der Waals surface area contributed by atoms with Gasteiger partial charge < -0.3 is 20.7 Å². The van der Waals surface area contributed by atoms with E-state index in [0.29, 0.717) is 19.6 Å². The van der Waals surface area contributed by atoms with Crippen LogP contribution in [-0.2, 0) is 0 Å². The predicted octanol–water partition coefficient (Wildman–Crippen LogP) is 2.16. The van der Waals surface area contributed by atoms with Crippen molar-refractivity contribution in [3.63, 3.8) is 0 Å². The minimum Gasteiger partial charge on any atom is -0.358 e. The highest BCUT2D eigenvalue weighted by Crippen LogP contribution is 2.32. The van der Waals surface area contributed by atoms with Crippen LogP contribution in [0, 0.1) is 16.0 Å². The number of hydrogen-bond acceptors (Lipinski definition) is 4. The number of aromatic amines is 1. The number of aromatic nitrogens is 1. The molecule has 0 saturated carbocycles. The summed E-state index contributed by atoms with van der Waals surface area (Å²) in [5.41, 5.74) is 7.27. The molecule has 2 aromatic rings. The first kappa shape index (κ1) is 18.0. The number of nitrogens with one attached hydrogen (secondary N) is 1. The van der Waals surface area contributed by atoms with Gasteiger partial charge >= 0.3 is 5.82 Å². The van der Waals surface area contributed by atoms with Crippen LogP contribution < -0.4 is 5.73 Å². The maximum Gasteiger partial charge on any atom is 0.321 e. The van der Waals surface area contributed by atoms with Crippen molar-refractivity contribution in [1.29, 1.82) is 0 Å². The molecule has 2 heterocycles. The van der Waals surface area contributed by atoms with Gasteiger partial charge in [0, 0.05) is 25.1 Å². The standard InChI is InChI=1S/C16H18N4O3.ClH/c17-8-12-9-19(10-13(12)11-4-2-1-3-5-11)16(21)14-6-7-15(18-14)20(22)23;/h1-7,12-13,18H,8-10,17H2;1H/t12-,13+;/m1./s1. The quantitative estimate of drug-likeness (QED) is 0.651. The molecule has 0 unspecified atom stereocenters. The molecule has 1 aliphatic heterocycles. The highest BCUT2D eigenvalue weighted by molar-refractivity contribution is 5.93. The van der Waals surface area contributed by atoms with Crippen molar-refractivity contribution in [2.24, 2.45) is 11.7 Å². The Hall–Kier alpha value is -2.38. The maximum absolute atomic E-state index is 12.6. The average molecular weight is 351 g/mol. The number of carbonyl (C=O) groups is 1. The van der Waals surface area contributed by atoms with Crippen molar-refractivity contribution in [1.82, 2.24) is 9.88 Å². The summed E-state index contributed by atoms with van der Waals surface area (Å²) >= 11 is 0. The molecule has 1 aromatic heterocycles. The van der Waals surface area contributed by atoms with Crippen molar-refractivity contribution in [3.8, 4) is 0 Å². The van der Waals surface area contributed by atoms with E-state index in [1.165, 1.54) is 12.1 Å². The molecule has 2 atom stereocenters. The lowest BCUT2D eigenvalue weighted by Crippen LogP contribution is -2.30. The topological polar surface area (TPSA) is 105 Å². The second-order valence-corrected chi connectivity index (χ2v) is 5.74. The molecule has 0 aliphatic carbocycles. The molecule has 1 aliphatic rings. The van der Waals surface area contributed by atoms with Crippen LogP contribution in [0.15, 0.2) is 42.5 Å². The van der Waals surface area contributed by atoms with Crippen molar-refractivity contribution in [3.05, 3.63) is 63.8 Å². The highest BCUT2D eigenvalue weighted by Gasteiger charge is 2.36. The van der Waals surface area contributed by atoms with Crippen molar-refractivity contribution in [2.45, 2.75) is 5.92 Å². The van der Waals surface area contributed by atoms with E-state index in [4.69, 9.17) is 5.73 Å². The third-order valence-corrected chi connectivity index (χ3v) is 4.36. The van der Waals surface area contributed by atoms with Gasteiger partial charge in [-0.3, -0.25) is 4.79 Å². The van der Waals surface area contributed by atoms with E-state index in [1.54, 1.807) is 4.90 Å². The highest BCUT2D eigenvalue weighted by atomic mass is 35.5. The fourth-order valence-corrected chi connectivity index (χ4v) is 3.14. The lowest BCUT2D eigenvalue weighted by molar-refractivity contribution is -0.389. The van der Waals surface area contributed by atoms with Crippen molar-refractivity contribution < 1.29 is 9.72 Å². The van der Waals surface area contributed by atoms with Crippen LogP contribution in [0.2, 0.25) is 0 Å². The first-order chi connectivity index (χ1) is 11.1. The van der Waals surface area contributed by atoms with Gasteiger partial charge in [-0.1, -0.05) is 30.3 Å². The van der Waals surface area contributed by atoms with Crippen LogP contribution in [0.3, 0.4) is 0 Å². The molecule has 1 amide bonds. The third kappa shape index (κ3) is 3.42. The third-order valence-electron chi connectivity index (χ3n) is 4.36. The Bertz CT molecular complexity index is 719. The fourth-order valence-electron chi connectivity index (χ4n) is 3.14. The van der Waals surface area contributed by atoms with Crippen LogP contribution in [0.5, 0.6) is 0 Å². The van der Waals surface area contributed by atoms with Crippen LogP contribution in [0.1, 0.15) is 22.0 Å². The Balaban J connectivity index is 0.00000208. The Labute approximate surface area is 145 Å². The van der Waals surface area contributed by atoms with Gasteiger partial charge in [0.25, 0.3) is 5.91 Å². The fraction of sp³-hybridized carbons (Fsp3) is 0.312. The summed E-state index contributed by atoms with van der Waals surface area (Å²) in [4.78, 5) is 27.0. The summed E-state index contributed by atoms with van der Waals surface area (Å²) in [5, 5.41) is 10.7. The number of nitrogens with zero attached hydrogens (tertiary/aromatic N) is 2. The lowest BCUT2D eigenvalue weighted by Gasteiger charge is -2.16. The first-order valence-corrected chi connectivity index (χ1v) is 7.48. The van der Waals surface area contributed by atoms with E-state index >= 15 is 0 Å². The second-order valence-electron chi connectivity index (χ2n) is 5.74. The minimum absolute atomic E-state index is 0. The number of carbonyl (C=O) groups excluding carboxylic acids is 1. The Morgan fingerprint density at radius 2 is 1.96 bits per heavy atom. The average Bonchev–Trinajstić information content (AvgIpc) is 3.22. The monoisotopic (exact) mass is 350 g/mol. The molecule has 1 fully saturated rings. The Morgan fingerprint density at radius 1 is 1.25 bits per heavy atom. The largest absolute Gasteiger partial charge is 0.358 e. The van der Waals surface area contributed by atoms with Gasteiger partial charge in [0.15, 0.2) is 5.69 Å². The van der Waals surface area contributed by atoms with Crippen LogP contribution in [0.4, 0.5) is 5.82 Å². The molecule has 24 heavy (non-hydrogen) atoms. The maximum atomic E-state index is 12.6. The molecule has 128 valence electrons. The molecule has 1 aromatic carbocycles. The SMILES string of the molecule is Cl.NC[C@@H]1CN(C(=O)c2ccc([N+](=O)[O-])[nH]2)C[C@H]1c1ccccc1. The van der Waals surface area contributed by atoms with Crippen molar-refractivity contribution in [2.75, 3.05) is 19.6 Å². The molecular weight excluding hydrogens is 332 g/mol. The molecule has 7 nitrogen and oxygen atoms in total. The molecular formula is C16H19ClN4O3. The number of amides is 1. The zero-order valence-corrected chi connectivity index (χ0v) is 13.7. The van der Waals surface area contributed by atoms with E-state index in [1.807, 2.05) is 30.3 Å². The summed E-state index contributed by atoms with van der Waals surface area (Å²) in [6, 6.07) is 12.7. The molecule has 0 spiro atoms. The molecule has 0 radical (unpaired) electrons. The van der Waals surface area contributed by atoms with Gasteiger partial charge in [0.2, 0.25) is 0 Å². The number of likely N-dealkylation sites (tertiary alicyclic amines) is 1. The molecule has 3 rings (SSSR count). The van der Waals surface area contributed by atoms with Gasteiger partial charge in [-0.2, -0.15) is 0 Å². The summed E-state index contributed by atoms with van der Waals surface area (Å²) in [7, 11) is 0. The van der Waals surface area contributed by atoms with E-state index in [0.717, 1.165) is 5.56 Å². The summed E-state index contributed by atoms with van der Waals surface area (Å²) in [6.07, 6.45) is 0. The van der Waals surface area contributed by atoms with E-state index in [9.17, 15) is 14.9 Å².